The molecule has 2 N–H and O–H groups in total. The van der Waals surface area contributed by atoms with Crippen molar-refractivity contribution in [1.29, 1.82) is 0 Å². The van der Waals surface area contributed by atoms with Crippen molar-refractivity contribution < 1.29 is 9.47 Å². The fourth-order valence-corrected chi connectivity index (χ4v) is 2.15. The molecule has 0 amide bonds. The zero-order valence-electron chi connectivity index (χ0n) is 10.1. The van der Waals surface area contributed by atoms with Crippen molar-refractivity contribution in [3.8, 4) is 0 Å². The van der Waals surface area contributed by atoms with Gasteiger partial charge in [-0.25, -0.2) is 0 Å². The molecular formula is C12H25NO2. The monoisotopic (exact) mass is 215 g/mol. The molecule has 1 aliphatic rings. The highest BCUT2D eigenvalue weighted by atomic mass is 16.5. The molecule has 0 aromatic heterocycles. The molecule has 15 heavy (non-hydrogen) atoms. The van der Waals surface area contributed by atoms with E-state index in [0.717, 1.165) is 38.8 Å². The van der Waals surface area contributed by atoms with E-state index in [1.165, 1.54) is 6.42 Å². The summed E-state index contributed by atoms with van der Waals surface area (Å²) in [6.07, 6.45) is 6.63. The zero-order chi connectivity index (χ0) is 11.1. The van der Waals surface area contributed by atoms with E-state index in [4.69, 9.17) is 15.2 Å². The molecule has 0 aromatic rings. The van der Waals surface area contributed by atoms with Crippen LogP contribution in [-0.4, -0.2) is 31.5 Å². The molecule has 0 aromatic carbocycles. The maximum atomic E-state index is 5.85. The Balaban J connectivity index is 2.04. The predicted octanol–water partition coefficient (Wildman–Crippen LogP) is 2.09. The van der Waals surface area contributed by atoms with Crippen molar-refractivity contribution in [2.45, 2.75) is 64.3 Å². The maximum Gasteiger partial charge on any atom is 0.0624 e. The second-order valence-electron chi connectivity index (χ2n) is 4.57. The largest absolute Gasteiger partial charge is 0.378 e. The summed E-state index contributed by atoms with van der Waals surface area (Å²) in [6, 6.07) is 0. The van der Waals surface area contributed by atoms with Crippen LogP contribution < -0.4 is 5.73 Å². The second kappa shape index (κ2) is 7.20. The molecule has 0 radical (unpaired) electrons. The third-order valence-corrected chi connectivity index (χ3v) is 2.86. The van der Waals surface area contributed by atoms with Gasteiger partial charge >= 0.3 is 0 Å². The van der Waals surface area contributed by atoms with Crippen molar-refractivity contribution >= 4 is 0 Å². The van der Waals surface area contributed by atoms with E-state index in [-0.39, 0.29) is 0 Å². The van der Waals surface area contributed by atoms with Crippen LogP contribution in [0.2, 0.25) is 0 Å². The van der Waals surface area contributed by atoms with Crippen LogP contribution in [0.1, 0.15) is 46.0 Å². The molecule has 1 rings (SSSR count). The molecule has 2 unspecified atom stereocenters. The van der Waals surface area contributed by atoms with Gasteiger partial charge < -0.3 is 15.2 Å². The van der Waals surface area contributed by atoms with E-state index in [2.05, 4.69) is 13.8 Å². The van der Waals surface area contributed by atoms with Crippen LogP contribution in [0.5, 0.6) is 0 Å². The summed E-state index contributed by atoms with van der Waals surface area (Å²) in [5, 5.41) is 0. The van der Waals surface area contributed by atoms with Gasteiger partial charge in [-0.3, -0.25) is 0 Å². The van der Waals surface area contributed by atoms with E-state index in [9.17, 15) is 0 Å². The Morgan fingerprint density at radius 1 is 1.13 bits per heavy atom. The quantitative estimate of drug-likeness (QED) is 0.690. The number of hydrogen-bond acceptors (Lipinski definition) is 3. The second-order valence-corrected chi connectivity index (χ2v) is 4.57. The molecule has 0 spiro atoms. The summed E-state index contributed by atoms with van der Waals surface area (Å²) in [4.78, 5) is 0. The lowest BCUT2D eigenvalue weighted by Crippen LogP contribution is -2.34. The van der Waals surface area contributed by atoms with Crippen LogP contribution in [-0.2, 0) is 9.47 Å². The van der Waals surface area contributed by atoms with Crippen molar-refractivity contribution in [3.05, 3.63) is 0 Å². The van der Waals surface area contributed by atoms with Gasteiger partial charge in [-0.1, -0.05) is 0 Å². The van der Waals surface area contributed by atoms with Gasteiger partial charge in [0.15, 0.2) is 0 Å². The highest BCUT2D eigenvalue weighted by molar-refractivity contribution is 4.73. The lowest BCUT2D eigenvalue weighted by atomic mass is 10.0. The maximum absolute atomic E-state index is 5.85. The normalized spacial score (nSPS) is 31.8. The van der Waals surface area contributed by atoms with Crippen LogP contribution in [0.3, 0.4) is 0 Å². The van der Waals surface area contributed by atoms with Gasteiger partial charge in [0.25, 0.3) is 0 Å². The first-order valence-corrected chi connectivity index (χ1v) is 6.19. The first-order valence-electron chi connectivity index (χ1n) is 6.19. The smallest absolute Gasteiger partial charge is 0.0624 e. The highest BCUT2D eigenvalue weighted by Crippen LogP contribution is 2.21. The van der Waals surface area contributed by atoms with E-state index < -0.39 is 0 Å². The Kier molecular flexibility index (Phi) is 6.22. The van der Waals surface area contributed by atoms with E-state index in [1.807, 2.05) is 0 Å². The van der Waals surface area contributed by atoms with Crippen LogP contribution in [0.15, 0.2) is 0 Å². The standard InChI is InChI=1S/C12H25NO2/c1-10-8-12(9-11(2)15-10)14-7-5-3-4-6-13/h10-12H,3-9,13H2,1-2H3. The molecule has 3 heteroatoms. The van der Waals surface area contributed by atoms with E-state index in [0.29, 0.717) is 18.3 Å². The first kappa shape index (κ1) is 12.9. The van der Waals surface area contributed by atoms with Gasteiger partial charge in [0.2, 0.25) is 0 Å². The zero-order valence-corrected chi connectivity index (χ0v) is 10.1. The minimum Gasteiger partial charge on any atom is -0.378 e. The molecule has 1 aliphatic heterocycles. The van der Waals surface area contributed by atoms with Crippen LogP contribution in [0.25, 0.3) is 0 Å². The molecule has 0 bridgehead atoms. The van der Waals surface area contributed by atoms with E-state index in [1.54, 1.807) is 0 Å². The van der Waals surface area contributed by atoms with Crippen molar-refractivity contribution in [2.75, 3.05) is 13.2 Å². The Hall–Kier alpha value is -0.120. The molecule has 1 fully saturated rings. The fraction of sp³-hybridized carbons (Fsp3) is 1.00. The number of hydrogen-bond donors (Lipinski definition) is 1. The topological polar surface area (TPSA) is 44.5 Å². The van der Waals surface area contributed by atoms with Gasteiger partial charge in [0, 0.05) is 6.61 Å². The molecule has 1 saturated heterocycles. The van der Waals surface area contributed by atoms with Crippen molar-refractivity contribution in [1.82, 2.24) is 0 Å². The molecule has 2 atom stereocenters. The Bertz CT molecular complexity index is 154. The molecule has 3 nitrogen and oxygen atoms in total. The van der Waals surface area contributed by atoms with Gasteiger partial charge in [-0.05, 0) is 52.5 Å². The van der Waals surface area contributed by atoms with Crippen molar-refractivity contribution in [3.63, 3.8) is 0 Å². The third-order valence-electron chi connectivity index (χ3n) is 2.86. The number of rotatable bonds is 6. The van der Waals surface area contributed by atoms with Gasteiger partial charge in [-0.2, -0.15) is 0 Å². The van der Waals surface area contributed by atoms with Crippen LogP contribution in [0, 0.1) is 0 Å². The number of nitrogens with two attached hydrogens (primary N) is 1. The molecule has 90 valence electrons. The minimum absolute atomic E-state index is 0.350. The molecule has 0 aliphatic carbocycles. The predicted molar refractivity (Wildman–Crippen MR) is 61.9 cm³/mol. The average molecular weight is 215 g/mol. The van der Waals surface area contributed by atoms with Crippen LogP contribution >= 0.6 is 0 Å². The summed E-state index contributed by atoms with van der Waals surface area (Å²) >= 11 is 0. The summed E-state index contributed by atoms with van der Waals surface area (Å²) < 4.78 is 11.5. The molecular weight excluding hydrogens is 190 g/mol. The number of unbranched alkanes of at least 4 members (excludes halogenated alkanes) is 2. The Labute approximate surface area is 93.3 Å². The minimum atomic E-state index is 0.350. The third kappa shape index (κ3) is 5.50. The van der Waals surface area contributed by atoms with Gasteiger partial charge in [0.05, 0.1) is 18.3 Å². The Morgan fingerprint density at radius 2 is 1.80 bits per heavy atom. The lowest BCUT2D eigenvalue weighted by molar-refractivity contribution is -0.102. The highest BCUT2D eigenvalue weighted by Gasteiger charge is 2.24. The summed E-state index contributed by atoms with van der Waals surface area (Å²) in [5.74, 6) is 0. The Morgan fingerprint density at radius 3 is 2.40 bits per heavy atom. The van der Waals surface area contributed by atoms with Crippen molar-refractivity contribution in [2.24, 2.45) is 5.73 Å². The number of ether oxygens (including phenoxy) is 2. The van der Waals surface area contributed by atoms with Gasteiger partial charge in [-0.15, -0.1) is 0 Å². The average Bonchev–Trinajstić information content (AvgIpc) is 2.16. The fourth-order valence-electron chi connectivity index (χ4n) is 2.15. The lowest BCUT2D eigenvalue weighted by Gasteiger charge is -2.32. The first-order chi connectivity index (χ1) is 7.22. The van der Waals surface area contributed by atoms with Gasteiger partial charge in [0.1, 0.15) is 0 Å². The molecule has 0 saturated carbocycles. The SMILES string of the molecule is CC1CC(OCCCCCN)CC(C)O1. The summed E-state index contributed by atoms with van der Waals surface area (Å²) in [6.45, 7) is 5.93. The van der Waals surface area contributed by atoms with Crippen LogP contribution in [0.4, 0.5) is 0 Å². The molecule has 1 heterocycles. The summed E-state index contributed by atoms with van der Waals surface area (Å²) in [5.41, 5.74) is 5.43. The van der Waals surface area contributed by atoms with E-state index >= 15 is 0 Å². The summed E-state index contributed by atoms with van der Waals surface area (Å²) in [7, 11) is 0.